The first-order valence-corrected chi connectivity index (χ1v) is 7.06. The molecule has 0 aliphatic carbocycles. The molecule has 1 saturated heterocycles. The Hall–Kier alpha value is -2.25. The average molecular weight is 330 g/mol. The zero-order chi connectivity index (χ0) is 17.3. The lowest BCUT2D eigenvalue weighted by Gasteiger charge is -2.38. The van der Waals surface area contributed by atoms with E-state index in [2.05, 4.69) is 4.74 Å². The maximum atomic E-state index is 12.4. The van der Waals surface area contributed by atoms with Gasteiger partial charge in [-0.25, -0.2) is 0 Å². The molecule has 1 aromatic rings. The average Bonchev–Trinajstić information content (AvgIpc) is 2.45. The highest BCUT2D eigenvalue weighted by Gasteiger charge is 2.38. The second-order valence-electron chi connectivity index (χ2n) is 5.83. The maximum absolute atomic E-state index is 12.4. The van der Waals surface area contributed by atoms with Crippen LogP contribution >= 0.6 is 0 Å². The molecule has 23 heavy (non-hydrogen) atoms. The van der Waals surface area contributed by atoms with Crippen molar-refractivity contribution in [3.8, 4) is 5.75 Å². The van der Waals surface area contributed by atoms with Gasteiger partial charge in [0.1, 0.15) is 5.75 Å². The minimum atomic E-state index is -4.78. The van der Waals surface area contributed by atoms with Crippen LogP contribution in [0, 0.1) is 5.41 Å². The van der Waals surface area contributed by atoms with E-state index in [-0.39, 0.29) is 18.0 Å². The van der Waals surface area contributed by atoms with Gasteiger partial charge in [0.15, 0.2) is 0 Å². The molecule has 5 nitrogen and oxygen atoms in total. The van der Waals surface area contributed by atoms with Gasteiger partial charge < -0.3 is 15.4 Å². The smallest absolute Gasteiger partial charge is 0.406 e. The van der Waals surface area contributed by atoms with Gasteiger partial charge in [0.05, 0.1) is 5.41 Å². The fourth-order valence-corrected chi connectivity index (χ4v) is 2.60. The lowest BCUT2D eigenvalue weighted by molar-refractivity contribution is -0.274. The predicted octanol–water partition coefficient (Wildman–Crippen LogP) is 2.31. The molecule has 1 atom stereocenters. The van der Waals surface area contributed by atoms with Gasteiger partial charge in [-0.05, 0) is 44.0 Å². The van der Waals surface area contributed by atoms with Gasteiger partial charge in [0.2, 0.25) is 5.91 Å². The number of carbonyl (C=O) groups excluding carboxylic acids is 2. The van der Waals surface area contributed by atoms with Gasteiger partial charge in [-0.3, -0.25) is 9.59 Å². The second kappa shape index (κ2) is 6.10. The summed E-state index contributed by atoms with van der Waals surface area (Å²) < 4.78 is 40.1. The van der Waals surface area contributed by atoms with Crippen LogP contribution < -0.4 is 10.5 Å². The molecule has 0 radical (unpaired) electrons. The van der Waals surface area contributed by atoms with Gasteiger partial charge >= 0.3 is 6.36 Å². The molecule has 2 amide bonds. The van der Waals surface area contributed by atoms with Crippen molar-refractivity contribution in [3.63, 3.8) is 0 Å². The summed E-state index contributed by atoms with van der Waals surface area (Å²) in [7, 11) is 0. The van der Waals surface area contributed by atoms with Crippen LogP contribution in [0.3, 0.4) is 0 Å². The third-order valence-electron chi connectivity index (χ3n) is 3.91. The van der Waals surface area contributed by atoms with E-state index in [0.717, 1.165) is 12.1 Å². The molecule has 0 aromatic heterocycles. The number of carbonyl (C=O) groups is 2. The summed E-state index contributed by atoms with van der Waals surface area (Å²) in [4.78, 5) is 25.4. The van der Waals surface area contributed by atoms with Crippen LogP contribution in [0.25, 0.3) is 0 Å². The summed E-state index contributed by atoms with van der Waals surface area (Å²) in [6.45, 7) is 2.37. The summed E-state index contributed by atoms with van der Waals surface area (Å²) in [5.41, 5.74) is 4.83. The number of alkyl halides is 3. The Bertz CT molecular complexity index is 601. The van der Waals surface area contributed by atoms with Crippen LogP contribution in [0.1, 0.15) is 30.1 Å². The van der Waals surface area contributed by atoms with Crippen LogP contribution in [-0.4, -0.2) is 36.2 Å². The van der Waals surface area contributed by atoms with E-state index >= 15 is 0 Å². The Morgan fingerprint density at radius 3 is 2.39 bits per heavy atom. The molecule has 1 aliphatic heterocycles. The van der Waals surface area contributed by atoms with Crippen molar-refractivity contribution in [2.75, 3.05) is 13.1 Å². The number of amides is 2. The molecule has 1 aliphatic rings. The first-order chi connectivity index (χ1) is 10.6. The molecule has 0 saturated carbocycles. The Labute approximate surface area is 131 Å². The standard InChI is InChI=1S/C15H17F3N2O3/c1-14(13(19)22)7-2-8-20(9-14)12(21)10-3-5-11(6-4-10)23-15(16,17)18/h3-6H,2,7-9H2,1H3,(H2,19,22). The SMILES string of the molecule is CC1(C(N)=O)CCCN(C(=O)c2ccc(OC(F)(F)F)cc2)C1. The number of hydrogen-bond donors (Lipinski definition) is 1. The number of benzene rings is 1. The molecule has 0 bridgehead atoms. The first-order valence-electron chi connectivity index (χ1n) is 7.06. The third kappa shape index (κ3) is 4.14. The molecular formula is C15H17F3N2O3. The number of nitrogens with zero attached hydrogens (tertiary/aromatic N) is 1. The van der Waals surface area contributed by atoms with Crippen LogP contribution in [-0.2, 0) is 4.79 Å². The summed E-state index contributed by atoms with van der Waals surface area (Å²) in [5.74, 6) is -1.21. The van der Waals surface area contributed by atoms with Crippen LogP contribution in [0.2, 0.25) is 0 Å². The molecule has 1 heterocycles. The zero-order valence-corrected chi connectivity index (χ0v) is 12.5. The number of piperidine rings is 1. The van der Waals surface area contributed by atoms with Crippen molar-refractivity contribution in [1.29, 1.82) is 0 Å². The number of hydrogen-bond acceptors (Lipinski definition) is 3. The molecule has 2 rings (SSSR count). The summed E-state index contributed by atoms with van der Waals surface area (Å²) in [5, 5.41) is 0. The number of nitrogens with two attached hydrogens (primary N) is 1. The highest BCUT2D eigenvalue weighted by molar-refractivity contribution is 5.95. The number of ether oxygens (including phenoxy) is 1. The maximum Gasteiger partial charge on any atom is 0.573 e. The Kier molecular flexibility index (Phi) is 4.53. The topological polar surface area (TPSA) is 72.6 Å². The third-order valence-corrected chi connectivity index (χ3v) is 3.91. The highest BCUT2D eigenvalue weighted by Crippen LogP contribution is 2.30. The van der Waals surface area contributed by atoms with E-state index in [1.807, 2.05) is 0 Å². The molecular weight excluding hydrogens is 313 g/mol. The number of primary amides is 1. The van der Waals surface area contributed by atoms with Gasteiger partial charge in [-0.2, -0.15) is 0 Å². The lowest BCUT2D eigenvalue weighted by Crippen LogP contribution is -2.50. The monoisotopic (exact) mass is 330 g/mol. The first kappa shape index (κ1) is 17.1. The fourth-order valence-electron chi connectivity index (χ4n) is 2.60. The Morgan fingerprint density at radius 2 is 1.87 bits per heavy atom. The van der Waals surface area contributed by atoms with Crippen molar-refractivity contribution in [2.45, 2.75) is 26.1 Å². The normalized spacial score (nSPS) is 21.8. The second-order valence-corrected chi connectivity index (χ2v) is 5.83. The zero-order valence-electron chi connectivity index (χ0n) is 12.5. The number of halogens is 3. The molecule has 126 valence electrons. The van der Waals surface area contributed by atoms with Crippen LogP contribution in [0.5, 0.6) is 5.75 Å². The highest BCUT2D eigenvalue weighted by atomic mass is 19.4. The van der Waals surface area contributed by atoms with E-state index in [4.69, 9.17) is 5.73 Å². The van der Waals surface area contributed by atoms with E-state index in [1.54, 1.807) is 6.92 Å². The van der Waals surface area contributed by atoms with Gasteiger partial charge in [-0.1, -0.05) is 0 Å². The van der Waals surface area contributed by atoms with Crippen molar-refractivity contribution in [3.05, 3.63) is 29.8 Å². The minimum absolute atomic E-state index is 0.196. The minimum Gasteiger partial charge on any atom is -0.406 e. The molecule has 1 aromatic carbocycles. The van der Waals surface area contributed by atoms with Gasteiger partial charge in [0.25, 0.3) is 5.91 Å². The summed E-state index contributed by atoms with van der Waals surface area (Å²) >= 11 is 0. The van der Waals surface area contributed by atoms with Crippen molar-refractivity contribution in [1.82, 2.24) is 4.90 Å². The van der Waals surface area contributed by atoms with Crippen LogP contribution in [0.15, 0.2) is 24.3 Å². The van der Waals surface area contributed by atoms with Crippen molar-refractivity contribution in [2.24, 2.45) is 11.1 Å². The van der Waals surface area contributed by atoms with Gasteiger partial charge in [-0.15, -0.1) is 13.2 Å². The molecule has 1 unspecified atom stereocenters. The molecule has 1 fully saturated rings. The Balaban J connectivity index is 2.10. The molecule has 8 heteroatoms. The molecule has 2 N–H and O–H groups in total. The van der Waals surface area contributed by atoms with Crippen LogP contribution in [0.4, 0.5) is 13.2 Å². The fraction of sp³-hybridized carbons (Fsp3) is 0.467. The number of rotatable bonds is 3. The van der Waals surface area contributed by atoms with E-state index in [9.17, 15) is 22.8 Å². The van der Waals surface area contributed by atoms with E-state index < -0.39 is 23.4 Å². The lowest BCUT2D eigenvalue weighted by atomic mass is 9.81. The van der Waals surface area contributed by atoms with Crippen molar-refractivity contribution < 1.29 is 27.5 Å². The largest absolute Gasteiger partial charge is 0.573 e. The summed E-state index contributed by atoms with van der Waals surface area (Å²) in [6, 6.07) is 4.69. The van der Waals surface area contributed by atoms with Crippen molar-refractivity contribution >= 4 is 11.8 Å². The predicted molar refractivity (Wildman–Crippen MR) is 75.6 cm³/mol. The van der Waals surface area contributed by atoms with Gasteiger partial charge in [0, 0.05) is 18.7 Å². The summed E-state index contributed by atoms with van der Waals surface area (Å²) in [6.07, 6.45) is -3.54. The van der Waals surface area contributed by atoms with E-state index in [0.29, 0.717) is 19.4 Å². The quantitative estimate of drug-likeness (QED) is 0.924. The Morgan fingerprint density at radius 1 is 1.26 bits per heavy atom. The van der Waals surface area contributed by atoms with E-state index in [1.165, 1.54) is 17.0 Å². The molecule has 0 spiro atoms. The number of likely N-dealkylation sites (tertiary alicyclic amines) is 1.